The van der Waals surface area contributed by atoms with Gasteiger partial charge in [0.25, 0.3) is 0 Å². The van der Waals surface area contributed by atoms with Crippen molar-refractivity contribution < 1.29 is 9.59 Å². The molecule has 0 unspecified atom stereocenters. The summed E-state index contributed by atoms with van der Waals surface area (Å²) < 4.78 is 0. The normalized spacial score (nSPS) is 11.7. The Balaban J connectivity index is 2.18. The van der Waals surface area contributed by atoms with Crippen LogP contribution in [0.4, 0.5) is 0 Å². The number of carbonyl (C=O) groups excluding carboxylic acids is 2. The van der Waals surface area contributed by atoms with Crippen molar-refractivity contribution in [2.45, 2.75) is 53.1 Å². The molecule has 0 aliphatic carbocycles. The molecule has 0 fully saturated rings. The summed E-state index contributed by atoms with van der Waals surface area (Å²) in [6.07, 6.45) is 1.16. The van der Waals surface area contributed by atoms with E-state index in [4.69, 9.17) is 0 Å². The number of rotatable bonds is 8. The van der Waals surface area contributed by atoms with Crippen LogP contribution in [0.1, 0.15) is 42.5 Å². The van der Waals surface area contributed by atoms with Gasteiger partial charge in [-0.1, -0.05) is 66.6 Å². The molecule has 2 amide bonds. The number of amides is 2. The molecule has 2 aromatic carbocycles. The lowest BCUT2D eigenvalue weighted by Crippen LogP contribution is -2.48. The van der Waals surface area contributed by atoms with Crippen molar-refractivity contribution in [3.63, 3.8) is 0 Å². The maximum atomic E-state index is 13.0. The van der Waals surface area contributed by atoms with Gasteiger partial charge in [-0.25, -0.2) is 0 Å². The quantitative estimate of drug-likeness (QED) is 0.773. The number of aryl methyl sites for hydroxylation is 2. The molecule has 0 bridgehead atoms. The van der Waals surface area contributed by atoms with E-state index in [0.29, 0.717) is 13.1 Å². The summed E-state index contributed by atoms with van der Waals surface area (Å²) in [6, 6.07) is 15.5. The second kappa shape index (κ2) is 9.91. The Morgan fingerprint density at radius 2 is 1.44 bits per heavy atom. The molecule has 1 atom stereocenters. The summed E-state index contributed by atoms with van der Waals surface area (Å²) in [5, 5.41) is 2.90. The predicted octanol–water partition coefficient (Wildman–Crippen LogP) is 3.79. The zero-order valence-electron chi connectivity index (χ0n) is 16.8. The van der Waals surface area contributed by atoms with Crippen molar-refractivity contribution >= 4 is 11.8 Å². The SMILES string of the molecule is CCCNC(=O)[C@@H](C)N(Cc1ccc(C)cc1)C(=O)Cc1ccc(C)cc1. The third-order valence-corrected chi connectivity index (χ3v) is 4.67. The molecule has 2 rings (SSSR count). The van der Waals surface area contributed by atoms with Crippen molar-refractivity contribution in [2.75, 3.05) is 6.54 Å². The third-order valence-electron chi connectivity index (χ3n) is 4.67. The number of hydrogen-bond acceptors (Lipinski definition) is 2. The molecule has 0 aromatic heterocycles. The molecule has 0 saturated carbocycles. The number of benzene rings is 2. The first-order chi connectivity index (χ1) is 12.9. The number of nitrogens with one attached hydrogen (secondary N) is 1. The van der Waals surface area contributed by atoms with Gasteiger partial charge in [-0.05, 0) is 38.3 Å². The van der Waals surface area contributed by atoms with Crippen LogP contribution in [0.25, 0.3) is 0 Å². The van der Waals surface area contributed by atoms with Crippen LogP contribution in [-0.4, -0.2) is 29.3 Å². The van der Waals surface area contributed by atoms with Gasteiger partial charge in [0.15, 0.2) is 0 Å². The first kappa shape index (κ1) is 20.7. The highest BCUT2D eigenvalue weighted by atomic mass is 16.2. The van der Waals surface area contributed by atoms with E-state index in [9.17, 15) is 9.59 Å². The average molecular weight is 367 g/mol. The molecule has 4 heteroatoms. The van der Waals surface area contributed by atoms with Crippen molar-refractivity contribution in [3.05, 3.63) is 70.8 Å². The second-order valence-electron chi connectivity index (χ2n) is 7.14. The monoisotopic (exact) mass is 366 g/mol. The van der Waals surface area contributed by atoms with Gasteiger partial charge in [-0.3, -0.25) is 9.59 Å². The fourth-order valence-corrected chi connectivity index (χ4v) is 2.85. The lowest BCUT2D eigenvalue weighted by Gasteiger charge is -2.29. The molecule has 4 nitrogen and oxygen atoms in total. The zero-order chi connectivity index (χ0) is 19.8. The van der Waals surface area contributed by atoms with E-state index < -0.39 is 6.04 Å². The fourth-order valence-electron chi connectivity index (χ4n) is 2.85. The Bertz CT molecular complexity index is 751. The maximum Gasteiger partial charge on any atom is 0.242 e. The van der Waals surface area contributed by atoms with E-state index in [-0.39, 0.29) is 18.2 Å². The van der Waals surface area contributed by atoms with Crippen LogP contribution >= 0.6 is 0 Å². The molecule has 0 spiro atoms. The average Bonchev–Trinajstić information content (AvgIpc) is 2.66. The number of nitrogens with zero attached hydrogens (tertiary/aromatic N) is 1. The summed E-state index contributed by atoms with van der Waals surface area (Å²) in [7, 11) is 0. The summed E-state index contributed by atoms with van der Waals surface area (Å²) in [4.78, 5) is 27.2. The zero-order valence-corrected chi connectivity index (χ0v) is 16.8. The van der Waals surface area contributed by atoms with Gasteiger partial charge >= 0.3 is 0 Å². The maximum absolute atomic E-state index is 13.0. The van der Waals surface area contributed by atoms with E-state index in [1.54, 1.807) is 11.8 Å². The fraction of sp³-hybridized carbons (Fsp3) is 0.391. The van der Waals surface area contributed by atoms with E-state index in [1.165, 1.54) is 5.56 Å². The molecule has 27 heavy (non-hydrogen) atoms. The Kier molecular flexibility index (Phi) is 7.59. The van der Waals surface area contributed by atoms with Gasteiger partial charge in [0, 0.05) is 13.1 Å². The summed E-state index contributed by atoms with van der Waals surface area (Å²) in [6.45, 7) is 8.91. The van der Waals surface area contributed by atoms with Crippen LogP contribution in [0.15, 0.2) is 48.5 Å². The van der Waals surface area contributed by atoms with E-state index in [0.717, 1.165) is 23.1 Å². The lowest BCUT2D eigenvalue weighted by atomic mass is 10.1. The highest BCUT2D eigenvalue weighted by Gasteiger charge is 2.25. The molecule has 0 heterocycles. The Morgan fingerprint density at radius 3 is 1.96 bits per heavy atom. The smallest absolute Gasteiger partial charge is 0.242 e. The minimum atomic E-state index is -0.518. The first-order valence-corrected chi connectivity index (χ1v) is 9.59. The summed E-state index contributed by atoms with van der Waals surface area (Å²) in [5.41, 5.74) is 4.31. The predicted molar refractivity (Wildman–Crippen MR) is 109 cm³/mol. The molecule has 0 aliphatic heterocycles. The second-order valence-corrected chi connectivity index (χ2v) is 7.14. The molecule has 144 valence electrons. The minimum Gasteiger partial charge on any atom is -0.354 e. The van der Waals surface area contributed by atoms with E-state index >= 15 is 0 Å². The molecular formula is C23H30N2O2. The van der Waals surface area contributed by atoms with Gasteiger partial charge in [0.05, 0.1) is 6.42 Å². The molecule has 0 radical (unpaired) electrons. The van der Waals surface area contributed by atoms with Crippen molar-refractivity contribution in [2.24, 2.45) is 0 Å². The Morgan fingerprint density at radius 1 is 0.926 bits per heavy atom. The van der Waals surface area contributed by atoms with E-state index in [1.807, 2.05) is 69.3 Å². The molecule has 1 N–H and O–H groups in total. The minimum absolute atomic E-state index is 0.0430. The largest absolute Gasteiger partial charge is 0.354 e. The summed E-state index contributed by atoms with van der Waals surface area (Å²) >= 11 is 0. The lowest BCUT2D eigenvalue weighted by molar-refractivity contribution is -0.140. The van der Waals surface area contributed by atoms with Crippen LogP contribution in [0.5, 0.6) is 0 Å². The standard InChI is InChI=1S/C23H30N2O2/c1-5-14-24-23(27)19(4)25(16-21-12-8-18(3)9-13-21)22(26)15-20-10-6-17(2)7-11-20/h6-13,19H,5,14-16H2,1-4H3,(H,24,27)/t19-/m1/s1. The van der Waals surface area contributed by atoms with Crippen LogP contribution in [0, 0.1) is 13.8 Å². The molecular weight excluding hydrogens is 336 g/mol. The van der Waals surface area contributed by atoms with Gasteiger partial charge in [-0.15, -0.1) is 0 Å². The van der Waals surface area contributed by atoms with Crippen LogP contribution < -0.4 is 5.32 Å². The molecule has 2 aromatic rings. The van der Waals surface area contributed by atoms with Crippen LogP contribution in [-0.2, 0) is 22.6 Å². The van der Waals surface area contributed by atoms with Crippen molar-refractivity contribution in [1.29, 1.82) is 0 Å². The summed E-state index contributed by atoms with van der Waals surface area (Å²) in [5.74, 6) is -0.153. The van der Waals surface area contributed by atoms with Gasteiger partial charge < -0.3 is 10.2 Å². The van der Waals surface area contributed by atoms with Gasteiger partial charge in [-0.2, -0.15) is 0 Å². The van der Waals surface area contributed by atoms with Gasteiger partial charge in [0.1, 0.15) is 6.04 Å². The topological polar surface area (TPSA) is 49.4 Å². The highest BCUT2D eigenvalue weighted by molar-refractivity contribution is 5.88. The third kappa shape index (κ3) is 6.24. The van der Waals surface area contributed by atoms with E-state index in [2.05, 4.69) is 5.32 Å². The first-order valence-electron chi connectivity index (χ1n) is 9.59. The Labute approximate surface area is 162 Å². The van der Waals surface area contributed by atoms with Crippen LogP contribution in [0.3, 0.4) is 0 Å². The Hall–Kier alpha value is -2.62. The number of carbonyl (C=O) groups is 2. The molecule has 0 saturated heterocycles. The molecule has 0 aliphatic rings. The number of hydrogen-bond donors (Lipinski definition) is 1. The van der Waals surface area contributed by atoms with Crippen molar-refractivity contribution in [1.82, 2.24) is 10.2 Å². The highest BCUT2D eigenvalue weighted by Crippen LogP contribution is 2.14. The van der Waals surface area contributed by atoms with Crippen molar-refractivity contribution in [3.8, 4) is 0 Å². The van der Waals surface area contributed by atoms with Crippen LogP contribution in [0.2, 0.25) is 0 Å². The van der Waals surface area contributed by atoms with Gasteiger partial charge in [0.2, 0.25) is 11.8 Å².